The van der Waals surface area contributed by atoms with Crippen LogP contribution in [0, 0.1) is 0 Å². The van der Waals surface area contributed by atoms with E-state index in [2.05, 4.69) is 0 Å². The highest BCUT2D eigenvalue weighted by Crippen LogP contribution is 2.38. The molecular formula is C31H37N3O6S. The summed E-state index contributed by atoms with van der Waals surface area (Å²) in [5.41, 5.74) is 2.13. The van der Waals surface area contributed by atoms with Gasteiger partial charge in [-0.3, -0.25) is 14.2 Å². The normalized spacial score (nSPS) is 15.0. The summed E-state index contributed by atoms with van der Waals surface area (Å²) in [5.74, 6) is 2.15. The molecule has 0 fully saturated rings. The third kappa shape index (κ3) is 5.88. The fraction of sp³-hybridized carbons (Fsp3) is 0.387. The second-order valence-corrected chi connectivity index (χ2v) is 10.8. The molecule has 2 aromatic carbocycles. The van der Waals surface area contributed by atoms with Gasteiger partial charge in [-0.1, -0.05) is 17.4 Å². The number of amides is 1. The van der Waals surface area contributed by atoms with E-state index in [-0.39, 0.29) is 17.6 Å². The minimum absolute atomic E-state index is 0.0106. The number of hydrogen-bond donors (Lipinski definition) is 0. The summed E-state index contributed by atoms with van der Waals surface area (Å²) < 4.78 is 24.7. The number of aromatic nitrogens is 1. The first-order valence-electron chi connectivity index (χ1n) is 13.6. The Hall–Kier alpha value is -4.05. The van der Waals surface area contributed by atoms with Crippen LogP contribution in [0.25, 0.3) is 6.08 Å². The molecule has 4 rings (SSSR count). The number of allylic oxidation sites excluding steroid dienone is 1. The van der Waals surface area contributed by atoms with E-state index in [1.807, 2.05) is 58.9 Å². The zero-order chi connectivity index (χ0) is 29.8. The topological polar surface area (TPSA) is 91.6 Å². The predicted octanol–water partition coefficient (Wildman–Crippen LogP) is 3.92. The first-order valence-corrected chi connectivity index (χ1v) is 14.4. The molecule has 1 aliphatic heterocycles. The van der Waals surface area contributed by atoms with Crippen LogP contribution in [-0.2, 0) is 4.79 Å². The number of nitrogens with zero attached hydrogens (tertiary/aromatic N) is 3. The Labute approximate surface area is 244 Å². The number of carbonyl (C=O) groups excluding carboxylic acids is 1. The van der Waals surface area contributed by atoms with Crippen LogP contribution < -0.4 is 33.8 Å². The molecule has 0 aliphatic carbocycles. The number of rotatable bonds is 10. The Morgan fingerprint density at radius 1 is 1.02 bits per heavy atom. The van der Waals surface area contributed by atoms with Crippen LogP contribution in [0.2, 0.25) is 0 Å². The molecule has 1 amide bonds. The summed E-state index contributed by atoms with van der Waals surface area (Å²) in [6.45, 7) is 10.6. The van der Waals surface area contributed by atoms with Gasteiger partial charge in [0.1, 0.15) is 17.5 Å². The average Bonchev–Trinajstić information content (AvgIpc) is 3.26. The highest BCUT2D eigenvalue weighted by molar-refractivity contribution is 7.07. The lowest BCUT2D eigenvalue weighted by Crippen LogP contribution is -2.43. The molecular weight excluding hydrogens is 542 g/mol. The quantitative estimate of drug-likeness (QED) is 0.362. The van der Waals surface area contributed by atoms with Crippen LogP contribution >= 0.6 is 11.3 Å². The van der Waals surface area contributed by atoms with Gasteiger partial charge in [0, 0.05) is 18.7 Å². The van der Waals surface area contributed by atoms with Crippen LogP contribution in [-0.4, -0.2) is 55.9 Å². The summed E-state index contributed by atoms with van der Waals surface area (Å²) in [4.78, 5) is 35.0. The summed E-state index contributed by atoms with van der Waals surface area (Å²) in [6.07, 6.45) is 1.79. The summed E-state index contributed by atoms with van der Waals surface area (Å²) in [5, 5.41) is 0. The second-order valence-electron chi connectivity index (χ2n) is 9.74. The highest BCUT2D eigenvalue weighted by atomic mass is 32.1. The van der Waals surface area contributed by atoms with Crippen LogP contribution in [0.1, 0.15) is 51.8 Å². The maximum Gasteiger partial charge on any atom is 0.271 e. The molecule has 0 N–H and O–H groups in total. The van der Waals surface area contributed by atoms with Gasteiger partial charge in [0.05, 0.1) is 43.2 Å². The number of benzene rings is 2. The van der Waals surface area contributed by atoms with Gasteiger partial charge in [-0.2, -0.15) is 0 Å². The van der Waals surface area contributed by atoms with E-state index in [1.54, 1.807) is 49.0 Å². The molecule has 1 aliphatic rings. The van der Waals surface area contributed by atoms with Crippen molar-refractivity contribution in [2.45, 2.75) is 46.8 Å². The number of hydrogen-bond acceptors (Lipinski definition) is 8. The Balaban J connectivity index is 1.97. The lowest BCUT2D eigenvalue weighted by molar-refractivity contribution is -0.127. The van der Waals surface area contributed by atoms with Gasteiger partial charge in [-0.05, 0) is 76.6 Å². The molecule has 41 heavy (non-hydrogen) atoms. The van der Waals surface area contributed by atoms with Crippen LogP contribution in [0.5, 0.6) is 23.0 Å². The number of likely N-dealkylation sites (N-methyl/N-ethyl adjacent to an activating group) is 1. The number of carbonyl (C=O) groups is 1. The van der Waals surface area contributed by atoms with Gasteiger partial charge in [-0.15, -0.1) is 0 Å². The monoisotopic (exact) mass is 579 g/mol. The van der Waals surface area contributed by atoms with Crippen molar-refractivity contribution >= 4 is 23.3 Å². The van der Waals surface area contributed by atoms with E-state index in [9.17, 15) is 9.59 Å². The van der Waals surface area contributed by atoms with Crippen molar-refractivity contribution < 1.29 is 23.7 Å². The Morgan fingerprint density at radius 3 is 2.32 bits per heavy atom. The molecule has 0 bridgehead atoms. The third-order valence-corrected chi connectivity index (χ3v) is 7.87. The van der Waals surface area contributed by atoms with Crippen LogP contribution in [0.15, 0.2) is 57.5 Å². The summed E-state index contributed by atoms with van der Waals surface area (Å²) in [7, 11) is 4.72. The first-order chi connectivity index (χ1) is 19.7. The molecule has 1 atom stereocenters. The highest BCUT2D eigenvalue weighted by Gasteiger charge is 2.36. The van der Waals surface area contributed by atoms with Crippen LogP contribution in [0.4, 0.5) is 0 Å². The molecule has 218 valence electrons. The van der Waals surface area contributed by atoms with Crippen LogP contribution in [0.3, 0.4) is 0 Å². The SMILES string of the molecule is CCN(CC)C(=O)C1=C(C)N=c2s/c(=C/c3ccc(OC(C)C)c(OC)c3)c(=O)n2[C@H]1c1cc(OC)ccc1OC. The van der Waals surface area contributed by atoms with Gasteiger partial charge in [0.25, 0.3) is 11.5 Å². The smallest absolute Gasteiger partial charge is 0.271 e. The summed E-state index contributed by atoms with van der Waals surface area (Å²) in [6, 6.07) is 10.2. The third-order valence-electron chi connectivity index (χ3n) is 6.88. The van der Waals surface area contributed by atoms with E-state index in [1.165, 1.54) is 11.3 Å². The predicted molar refractivity (Wildman–Crippen MR) is 160 cm³/mol. The van der Waals surface area contributed by atoms with Crippen molar-refractivity contribution in [3.8, 4) is 23.0 Å². The fourth-order valence-electron chi connectivity index (χ4n) is 4.90. The lowest BCUT2D eigenvalue weighted by Gasteiger charge is -2.30. The second kappa shape index (κ2) is 12.6. The molecule has 0 radical (unpaired) electrons. The maximum absolute atomic E-state index is 14.1. The first kappa shape index (κ1) is 29.9. The van der Waals surface area contributed by atoms with Crippen molar-refractivity contribution in [3.05, 3.63) is 78.5 Å². The Morgan fingerprint density at radius 2 is 1.71 bits per heavy atom. The Kier molecular flexibility index (Phi) is 9.22. The number of thiazole rings is 1. The van der Waals surface area contributed by atoms with E-state index in [0.717, 1.165) is 5.56 Å². The van der Waals surface area contributed by atoms with Crippen molar-refractivity contribution in [3.63, 3.8) is 0 Å². The van der Waals surface area contributed by atoms with E-state index in [0.29, 0.717) is 62.3 Å². The molecule has 1 aromatic heterocycles. The van der Waals surface area contributed by atoms with E-state index >= 15 is 0 Å². The minimum Gasteiger partial charge on any atom is -0.497 e. The number of ether oxygens (including phenoxy) is 4. The molecule has 3 aromatic rings. The number of fused-ring (bicyclic) bond motifs is 1. The molecule has 10 heteroatoms. The lowest BCUT2D eigenvalue weighted by atomic mass is 9.93. The van der Waals surface area contributed by atoms with Crippen molar-refractivity contribution in [2.75, 3.05) is 34.4 Å². The van der Waals surface area contributed by atoms with Gasteiger partial charge in [0.2, 0.25) is 0 Å². The fourth-order valence-corrected chi connectivity index (χ4v) is 5.95. The van der Waals surface area contributed by atoms with Crippen molar-refractivity contribution in [1.82, 2.24) is 9.47 Å². The van der Waals surface area contributed by atoms with Gasteiger partial charge < -0.3 is 23.8 Å². The Bertz CT molecular complexity index is 1650. The van der Waals surface area contributed by atoms with E-state index in [4.69, 9.17) is 23.9 Å². The largest absolute Gasteiger partial charge is 0.497 e. The molecule has 0 spiro atoms. The summed E-state index contributed by atoms with van der Waals surface area (Å²) >= 11 is 1.27. The molecule has 9 nitrogen and oxygen atoms in total. The van der Waals surface area contributed by atoms with Gasteiger partial charge in [0.15, 0.2) is 16.3 Å². The van der Waals surface area contributed by atoms with Crippen molar-refractivity contribution in [2.24, 2.45) is 4.99 Å². The van der Waals surface area contributed by atoms with E-state index < -0.39 is 6.04 Å². The van der Waals surface area contributed by atoms with Gasteiger partial charge >= 0.3 is 0 Å². The molecule has 0 saturated heterocycles. The molecule has 2 heterocycles. The zero-order valence-corrected chi connectivity index (χ0v) is 25.6. The standard InChI is InChI=1S/C31H37N3O6S/c1-9-33(10-2)30(36)27-19(5)32-31-34(28(27)22-17-21(37-6)12-14-23(22)38-7)29(35)26(41-31)16-20-11-13-24(40-18(3)4)25(15-20)39-8/h11-18,28H,9-10H2,1-8H3/b26-16+/t28-/m0/s1. The molecule has 0 unspecified atom stereocenters. The van der Waals surface area contributed by atoms with Crippen molar-refractivity contribution in [1.29, 1.82) is 0 Å². The average molecular weight is 580 g/mol. The zero-order valence-electron chi connectivity index (χ0n) is 24.8. The van der Waals surface area contributed by atoms with Gasteiger partial charge in [-0.25, -0.2) is 4.99 Å². The molecule has 0 saturated carbocycles. The maximum atomic E-state index is 14.1. The number of methoxy groups -OCH3 is 3. The minimum atomic E-state index is -0.761.